The van der Waals surface area contributed by atoms with Gasteiger partial charge in [0.05, 0.1) is 6.04 Å². The molecule has 6 heteroatoms. The molecule has 0 saturated heterocycles. The highest BCUT2D eigenvalue weighted by atomic mass is 19.1. The van der Waals surface area contributed by atoms with E-state index in [4.69, 9.17) is 5.73 Å². The van der Waals surface area contributed by atoms with Crippen molar-refractivity contribution < 1.29 is 13.6 Å². The third-order valence-corrected chi connectivity index (χ3v) is 2.96. The Bertz CT molecular complexity index is 644. The molecule has 1 unspecified atom stereocenters. The summed E-state index contributed by atoms with van der Waals surface area (Å²) in [6.45, 7) is 1.73. The number of benzene rings is 2. The number of hydrogen-bond donors (Lipinski definition) is 3. The maximum Gasteiger partial charge on any atom is 0.316 e. The summed E-state index contributed by atoms with van der Waals surface area (Å²) in [5, 5.41) is 5.49. The molecule has 0 aliphatic rings. The topological polar surface area (TPSA) is 67.2 Å². The van der Waals surface area contributed by atoms with E-state index in [-0.39, 0.29) is 5.56 Å². The predicted molar refractivity (Wildman–Crippen MR) is 78.0 cm³/mol. The van der Waals surface area contributed by atoms with Gasteiger partial charge in [-0.15, -0.1) is 0 Å². The van der Waals surface area contributed by atoms with Crippen LogP contribution in [-0.4, -0.2) is 6.03 Å². The van der Waals surface area contributed by atoms with E-state index in [1.54, 1.807) is 31.2 Å². The van der Waals surface area contributed by atoms with Crippen molar-refractivity contribution in [2.75, 3.05) is 10.6 Å². The lowest BCUT2D eigenvalue weighted by molar-refractivity contribution is 0.259. The number of amides is 2. The van der Waals surface area contributed by atoms with Gasteiger partial charge in [-0.05, 0) is 49.4 Å². The van der Waals surface area contributed by atoms with E-state index in [2.05, 4.69) is 10.6 Å². The van der Waals surface area contributed by atoms with Crippen LogP contribution >= 0.6 is 0 Å². The van der Waals surface area contributed by atoms with Crippen LogP contribution in [0.2, 0.25) is 0 Å². The molecule has 0 aliphatic carbocycles. The molecule has 0 radical (unpaired) electrons. The van der Waals surface area contributed by atoms with Crippen molar-refractivity contribution >= 4 is 17.4 Å². The molecule has 0 saturated carbocycles. The number of halogens is 2. The molecule has 4 nitrogen and oxygen atoms in total. The molecular weight excluding hydrogens is 276 g/mol. The molecule has 0 fully saturated rings. The number of rotatable bonds is 4. The van der Waals surface area contributed by atoms with Gasteiger partial charge in [0.25, 0.3) is 0 Å². The fourth-order valence-corrected chi connectivity index (χ4v) is 1.97. The van der Waals surface area contributed by atoms with E-state index >= 15 is 0 Å². The van der Waals surface area contributed by atoms with Crippen LogP contribution in [0.1, 0.15) is 18.5 Å². The van der Waals surface area contributed by atoms with Crippen molar-refractivity contribution in [3.8, 4) is 0 Å². The Morgan fingerprint density at radius 1 is 1.10 bits per heavy atom. The molecule has 0 heterocycles. The number of primary amides is 1. The van der Waals surface area contributed by atoms with E-state index in [0.717, 1.165) is 18.2 Å². The summed E-state index contributed by atoms with van der Waals surface area (Å²) in [5.41, 5.74) is 6.51. The zero-order valence-corrected chi connectivity index (χ0v) is 11.4. The summed E-state index contributed by atoms with van der Waals surface area (Å²) < 4.78 is 26.8. The van der Waals surface area contributed by atoms with Gasteiger partial charge in [-0.3, -0.25) is 0 Å². The maximum atomic E-state index is 13.7. The summed E-state index contributed by atoms with van der Waals surface area (Å²) in [4.78, 5) is 10.7. The SMILES string of the molecule is CC(Nc1ccc(NC(N)=O)cc1)c1cc(F)ccc1F. The molecule has 0 aromatic heterocycles. The summed E-state index contributed by atoms with van der Waals surface area (Å²) in [7, 11) is 0. The van der Waals surface area contributed by atoms with E-state index in [1.807, 2.05) is 0 Å². The largest absolute Gasteiger partial charge is 0.378 e. The first-order valence-electron chi connectivity index (χ1n) is 6.33. The molecular formula is C15H15F2N3O. The Labute approximate surface area is 121 Å². The van der Waals surface area contributed by atoms with Gasteiger partial charge in [-0.2, -0.15) is 0 Å². The van der Waals surface area contributed by atoms with Crippen molar-refractivity contribution in [2.24, 2.45) is 5.73 Å². The highest BCUT2D eigenvalue weighted by molar-refractivity contribution is 5.87. The molecule has 2 rings (SSSR count). The number of carbonyl (C=O) groups is 1. The smallest absolute Gasteiger partial charge is 0.316 e. The highest BCUT2D eigenvalue weighted by Crippen LogP contribution is 2.23. The van der Waals surface area contributed by atoms with E-state index in [0.29, 0.717) is 11.4 Å². The Balaban J connectivity index is 2.10. The highest BCUT2D eigenvalue weighted by Gasteiger charge is 2.12. The first-order valence-corrected chi connectivity index (χ1v) is 6.33. The minimum absolute atomic E-state index is 0.245. The van der Waals surface area contributed by atoms with Crippen LogP contribution in [-0.2, 0) is 0 Å². The van der Waals surface area contributed by atoms with Gasteiger partial charge in [0.15, 0.2) is 0 Å². The Morgan fingerprint density at radius 2 is 1.71 bits per heavy atom. The van der Waals surface area contributed by atoms with Crippen LogP contribution in [0, 0.1) is 11.6 Å². The molecule has 21 heavy (non-hydrogen) atoms. The normalized spacial score (nSPS) is 11.8. The third kappa shape index (κ3) is 3.92. The number of hydrogen-bond acceptors (Lipinski definition) is 2. The fourth-order valence-electron chi connectivity index (χ4n) is 1.97. The minimum atomic E-state index is -0.647. The molecule has 2 aromatic rings. The quantitative estimate of drug-likeness (QED) is 0.805. The van der Waals surface area contributed by atoms with Crippen molar-refractivity contribution in [1.82, 2.24) is 0 Å². The molecule has 1 atom stereocenters. The zero-order chi connectivity index (χ0) is 15.4. The number of carbonyl (C=O) groups excluding carboxylic acids is 1. The lowest BCUT2D eigenvalue weighted by atomic mass is 10.1. The van der Waals surface area contributed by atoms with Gasteiger partial charge in [0.1, 0.15) is 11.6 Å². The van der Waals surface area contributed by atoms with Crippen LogP contribution in [0.15, 0.2) is 42.5 Å². The standard InChI is InChI=1S/C15H15F2N3O/c1-9(13-8-10(16)2-7-14(13)17)19-11-3-5-12(6-4-11)20-15(18)21/h2-9,19H,1H3,(H3,18,20,21). The zero-order valence-electron chi connectivity index (χ0n) is 11.4. The Kier molecular flexibility index (Phi) is 4.37. The molecule has 0 aliphatic heterocycles. The van der Waals surface area contributed by atoms with Gasteiger partial charge in [-0.1, -0.05) is 0 Å². The second-order valence-electron chi connectivity index (χ2n) is 4.60. The molecule has 0 bridgehead atoms. The lowest BCUT2D eigenvalue weighted by Crippen LogP contribution is -2.19. The first kappa shape index (κ1) is 14.8. The monoisotopic (exact) mass is 291 g/mol. The van der Waals surface area contributed by atoms with Crippen LogP contribution in [0.3, 0.4) is 0 Å². The van der Waals surface area contributed by atoms with Gasteiger partial charge in [-0.25, -0.2) is 13.6 Å². The van der Waals surface area contributed by atoms with Crippen LogP contribution in [0.5, 0.6) is 0 Å². The Morgan fingerprint density at radius 3 is 2.33 bits per heavy atom. The molecule has 2 amide bonds. The second-order valence-corrected chi connectivity index (χ2v) is 4.60. The van der Waals surface area contributed by atoms with Crippen molar-refractivity contribution in [3.05, 3.63) is 59.7 Å². The van der Waals surface area contributed by atoms with Crippen molar-refractivity contribution in [2.45, 2.75) is 13.0 Å². The molecule has 0 spiro atoms. The Hall–Kier alpha value is -2.63. The number of anilines is 2. The van der Waals surface area contributed by atoms with Crippen LogP contribution < -0.4 is 16.4 Å². The van der Waals surface area contributed by atoms with E-state index < -0.39 is 23.7 Å². The average Bonchev–Trinajstić information content (AvgIpc) is 2.43. The van der Waals surface area contributed by atoms with E-state index in [1.165, 1.54) is 0 Å². The lowest BCUT2D eigenvalue weighted by Gasteiger charge is -2.17. The minimum Gasteiger partial charge on any atom is -0.378 e. The summed E-state index contributed by atoms with van der Waals surface area (Å²) >= 11 is 0. The van der Waals surface area contributed by atoms with Gasteiger partial charge in [0, 0.05) is 16.9 Å². The maximum absolute atomic E-state index is 13.7. The molecule has 110 valence electrons. The van der Waals surface area contributed by atoms with E-state index in [9.17, 15) is 13.6 Å². The summed E-state index contributed by atoms with van der Waals surface area (Å²) in [6, 6.07) is 9.01. The fraction of sp³-hybridized carbons (Fsp3) is 0.133. The molecule has 4 N–H and O–H groups in total. The third-order valence-electron chi connectivity index (χ3n) is 2.96. The summed E-state index contributed by atoms with van der Waals surface area (Å²) in [6.07, 6.45) is 0. The van der Waals surface area contributed by atoms with Crippen LogP contribution in [0.25, 0.3) is 0 Å². The predicted octanol–water partition coefficient (Wildman–Crippen LogP) is 3.63. The number of nitrogens with two attached hydrogens (primary N) is 1. The van der Waals surface area contributed by atoms with Gasteiger partial charge < -0.3 is 16.4 Å². The number of nitrogens with one attached hydrogen (secondary N) is 2. The molecule has 2 aromatic carbocycles. The van der Waals surface area contributed by atoms with Gasteiger partial charge in [0.2, 0.25) is 0 Å². The first-order chi connectivity index (χ1) is 9.95. The van der Waals surface area contributed by atoms with Crippen molar-refractivity contribution in [1.29, 1.82) is 0 Å². The van der Waals surface area contributed by atoms with Gasteiger partial charge >= 0.3 is 6.03 Å². The second kappa shape index (κ2) is 6.21. The number of urea groups is 1. The average molecular weight is 291 g/mol. The summed E-state index contributed by atoms with van der Waals surface area (Å²) in [5.74, 6) is -0.954. The van der Waals surface area contributed by atoms with Crippen LogP contribution in [0.4, 0.5) is 25.0 Å². The van der Waals surface area contributed by atoms with Crippen molar-refractivity contribution in [3.63, 3.8) is 0 Å².